The van der Waals surface area contributed by atoms with Crippen LogP contribution in [0.3, 0.4) is 0 Å². The van der Waals surface area contributed by atoms with Crippen molar-refractivity contribution in [3.63, 3.8) is 0 Å². The Morgan fingerprint density at radius 2 is 1.36 bits per heavy atom. The highest BCUT2D eigenvalue weighted by atomic mass is 32.2. The average Bonchev–Trinajstić information content (AvgIpc) is 3.37. The highest BCUT2D eigenvalue weighted by molar-refractivity contribution is 8.22. The van der Waals surface area contributed by atoms with Gasteiger partial charge in [0.15, 0.2) is 24.3 Å². The van der Waals surface area contributed by atoms with E-state index >= 15 is 0 Å². The molecule has 2 aliphatic heterocycles. The molecule has 7 heteroatoms. The Morgan fingerprint density at radius 1 is 0.861 bits per heavy atom. The molecule has 3 aromatic carbocycles. The molecular weight excluding hydrogens is 492 g/mol. The number of thiocarbonyl (C=S) groups is 1. The SMILES string of the molecule is CSC(=S)O[C@@H]1[C@H]2OC(C)(C)O[C@H]2O[C@@H]1COC(c1ccccc1)(c1ccccc1)c1ccccc1. The van der Waals surface area contributed by atoms with Crippen LogP contribution in [0.4, 0.5) is 0 Å². The first-order valence-corrected chi connectivity index (χ1v) is 13.6. The fourth-order valence-corrected chi connectivity index (χ4v) is 5.28. The molecule has 0 saturated carbocycles. The largest absolute Gasteiger partial charge is 0.469 e. The van der Waals surface area contributed by atoms with Crippen LogP contribution >= 0.6 is 24.0 Å². The van der Waals surface area contributed by atoms with E-state index < -0.39 is 36.0 Å². The van der Waals surface area contributed by atoms with Crippen molar-refractivity contribution in [1.29, 1.82) is 0 Å². The average molecular weight is 523 g/mol. The lowest BCUT2D eigenvalue weighted by Gasteiger charge is -2.37. The van der Waals surface area contributed by atoms with Crippen LogP contribution in [-0.2, 0) is 29.3 Å². The first kappa shape index (κ1) is 25.4. The fourth-order valence-electron chi connectivity index (χ4n) is 4.96. The second-order valence-electron chi connectivity index (χ2n) is 9.27. The summed E-state index contributed by atoms with van der Waals surface area (Å²) in [6.45, 7) is 3.98. The molecule has 2 aliphatic rings. The lowest BCUT2D eigenvalue weighted by atomic mass is 9.80. The van der Waals surface area contributed by atoms with Crippen molar-refractivity contribution in [2.45, 2.75) is 49.8 Å². The van der Waals surface area contributed by atoms with Gasteiger partial charge in [-0.2, -0.15) is 0 Å². The van der Waals surface area contributed by atoms with E-state index in [1.165, 1.54) is 11.8 Å². The smallest absolute Gasteiger partial charge is 0.220 e. The molecule has 0 aliphatic carbocycles. The number of hydrogen-bond acceptors (Lipinski definition) is 7. The van der Waals surface area contributed by atoms with Gasteiger partial charge in [0.25, 0.3) is 0 Å². The van der Waals surface area contributed by atoms with Gasteiger partial charge in [0.2, 0.25) is 4.38 Å². The summed E-state index contributed by atoms with van der Waals surface area (Å²) in [5.41, 5.74) is 2.19. The summed E-state index contributed by atoms with van der Waals surface area (Å²) in [5.74, 6) is -0.758. The summed E-state index contributed by atoms with van der Waals surface area (Å²) in [6.07, 6.45) is 0.0250. The van der Waals surface area contributed by atoms with Gasteiger partial charge in [-0.1, -0.05) is 103 Å². The van der Waals surface area contributed by atoms with Crippen LogP contribution in [0.1, 0.15) is 30.5 Å². The molecule has 2 heterocycles. The third-order valence-corrected chi connectivity index (χ3v) is 7.52. The molecule has 0 radical (unpaired) electrons. The number of thioether (sulfide) groups is 1. The number of hydrogen-bond donors (Lipinski definition) is 0. The van der Waals surface area contributed by atoms with Crippen LogP contribution in [0.5, 0.6) is 0 Å². The maximum atomic E-state index is 6.97. The zero-order valence-corrected chi connectivity index (χ0v) is 22.2. The van der Waals surface area contributed by atoms with E-state index in [0.717, 1.165) is 16.7 Å². The first-order chi connectivity index (χ1) is 17.4. The van der Waals surface area contributed by atoms with E-state index in [1.54, 1.807) is 0 Å². The number of ether oxygens (including phenoxy) is 5. The van der Waals surface area contributed by atoms with Gasteiger partial charge >= 0.3 is 0 Å². The molecule has 0 spiro atoms. The van der Waals surface area contributed by atoms with Gasteiger partial charge in [-0.05, 0) is 49.0 Å². The topological polar surface area (TPSA) is 46.2 Å². The van der Waals surface area contributed by atoms with E-state index in [0.29, 0.717) is 4.38 Å². The van der Waals surface area contributed by atoms with E-state index in [4.69, 9.17) is 35.9 Å². The van der Waals surface area contributed by atoms with E-state index in [-0.39, 0.29) is 6.61 Å². The van der Waals surface area contributed by atoms with Crippen molar-refractivity contribution < 1.29 is 23.7 Å². The molecule has 4 atom stereocenters. The van der Waals surface area contributed by atoms with Gasteiger partial charge < -0.3 is 23.7 Å². The van der Waals surface area contributed by atoms with Crippen molar-refractivity contribution >= 4 is 28.4 Å². The first-order valence-electron chi connectivity index (χ1n) is 12.0. The molecule has 0 amide bonds. The summed E-state index contributed by atoms with van der Waals surface area (Å²) in [7, 11) is 0. The van der Waals surface area contributed by atoms with Crippen molar-refractivity contribution in [1.82, 2.24) is 0 Å². The van der Waals surface area contributed by atoms with Gasteiger partial charge in [0.05, 0.1) is 6.61 Å². The van der Waals surface area contributed by atoms with Crippen LogP contribution in [0, 0.1) is 0 Å². The summed E-state index contributed by atoms with van der Waals surface area (Å²) < 4.78 is 32.0. The summed E-state index contributed by atoms with van der Waals surface area (Å²) in [5, 5.41) is 0. The number of benzene rings is 3. The normalized spacial score (nSPS) is 24.9. The minimum absolute atomic E-state index is 0.237. The lowest BCUT2D eigenvalue weighted by Crippen LogP contribution is -2.42. The van der Waals surface area contributed by atoms with E-state index in [9.17, 15) is 0 Å². The Hall–Kier alpha value is -2.26. The molecule has 0 bridgehead atoms. The molecule has 0 unspecified atom stereocenters. The van der Waals surface area contributed by atoms with Crippen molar-refractivity contribution in [2.24, 2.45) is 0 Å². The Balaban J connectivity index is 1.52. The molecule has 3 aromatic rings. The Morgan fingerprint density at radius 3 is 1.83 bits per heavy atom. The minimum atomic E-state index is -0.865. The molecule has 5 nitrogen and oxygen atoms in total. The third kappa shape index (κ3) is 4.96. The Kier molecular flexibility index (Phi) is 7.49. The monoisotopic (exact) mass is 522 g/mol. The highest BCUT2D eigenvalue weighted by Crippen LogP contribution is 2.43. The second-order valence-corrected chi connectivity index (χ2v) is 10.7. The summed E-state index contributed by atoms with van der Waals surface area (Å²) in [6, 6.07) is 30.8. The summed E-state index contributed by atoms with van der Waals surface area (Å²) >= 11 is 6.78. The molecule has 188 valence electrons. The van der Waals surface area contributed by atoms with Gasteiger partial charge in [0, 0.05) is 0 Å². The van der Waals surface area contributed by atoms with Crippen molar-refractivity contribution in [3.8, 4) is 0 Å². The lowest BCUT2D eigenvalue weighted by molar-refractivity contribution is -0.221. The number of rotatable bonds is 7. The highest BCUT2D eigenvalue weighted by Gasteiger charge is 2.57. The van der Waals surface area contributed by atoms with Gasteiger partial charge in [-0.15, -0.1) is 0 Å². The maximum absolute atomic E-state index is 6.97. The van der Waals surface area contributed by atoms with E-state index in [1.807, 2.05) is 74.7 Å². The molecule has 2 fully saturated rings. The molecule has 0 aromatic heterocycles. The Labute approximate surface area is 222 Å². The standard InChI is InChI=1S/C29H30O5S2/c1-28(2)33-25-24(32-27(35)36-3)23(31-26(25)34-28)19-30-29(20-13-7-4-8-14-20,21-15-9-5-10-16-21)22-17-11-6-12-18-22/h4-18,23-26H,19H2,1-3H3/t23-,24+,25-,26-/m1/s1. The zero-order chi connectivity index (χ0) is 25.2. The summed E-state index contributed by atoms with van der Waals surface area (Å²) in [4.78, 5) is 0. The molecule has 0 N–H and O–H groups in total. The predicted octanol–water partition coefficient (Wildman–Crippen LogP) is 5.90. The minimum Gasteiger partial charge on any atom is -0.469 e. The van der Waals surface area contributed by atoms with Crippen molar-refractivity contribution in [2.75, 3.05) is 12.9 Å². The van der Waals surface area contributed by atoms with Crippen LogP contribution < -0.4 is 0 Å². The molecule has 36 heavy (non-hydrogen) atoms. The van der Waals surface area contributed by atoms with Crippen LogP contribution in [0.2, 0.25) is 0 Å². The number of fused-ring (bicyclic) bond motifs is 1. The van der Waals surface area contributed by atoms with Crippen molar-refractivity contribution in [3.05, 3.63) is 108 Å². The quantitative estimate of drug-likeness (QED) is 0.283. The van der Waals surface area contributed by atoms with Crippen LogP contribution in [0.25, 0.3) is 0 Å². The zero-order valence-electron chi connectivity index (χ0n) is 20.5. The predicted molar refractivity (Wildman–Crippen MR) is 145 cm³/mol. The van der Waals surface area contributed by atoms with Gasteiger partial charge in [-0.25, -0.2) is 0 Å². The third-order valence-electron chi connectivity index (χ3n) is 6.49. The van der Waals surface area contributed by atoms with Crippen LogP contribution in [-0.4, -0.2) is 47.6 Å². The van der Waals surface area contributed by atoms with Gasteiger partial charge in [-0.3, -0.25) is 0 Å². The second kappa shape index (κ2) is 10.6. The molecular formula is C29H30O5S2. The Bertz CT molecular complexity index is 1060. The molecule has 5 rings (SSSR count). The van der Waals surface area contributed by atoms with E-state index in [2.05, 4.69) is 36.4 Å². The van der Waals surface area contributed by atoms with Gasteiger partial charge in [0.1, 0.15) is 11.7 Å². The maximum Gasteiger partial charge on any atom is 0.220 e. The molecule has 2 saturated heterocycles. The van der Waals surface area contributed by atoms with Crippen LogP contribution in [0.15, 0.2) is 91.0 Å². The fraction of sp³-hybridized carbons (Fsp3) is 0.345.